The Morgan fingerprint density at radius 3 is 1.53 bits per heavy atom. The van der Waals surface area contributed by atoms with Crippen molar-refractivity contribution in [2.24, 2.45) is 0 Å². The minimum atomic E-state index is -7.06. The van der Waals surface area contributed by atoms with E-state index >= 15 is 0 Å². The van der Waals surface area contributed by atoms with E-state index in [1.54, 1.807) is 0 Å². The van der Waals surface area contributed by atoms with Gasteiger partial charge in [0.2, 0.25) is 0 Å². The van der Waals surface area contributed by atoms with Crippen LogP contribution in [0.5, 0.6) is 0 Å². The zero-order valence-corrected chi connectivity index (χ0v) is 11.2. The van der Waals surface area contributed by atoms with Gasteiger partial charge in [-0.2, -0.15) is 26.3 Å². The summed E-state index contributed by atoms with van der Waals surface area (Å²) < 4.78 is 115. The van der Waals surface area contributed by atoms with Crippen molar-refractivity contribution in [2.45, 2.75) is 30.2 Å². The Morgan fingerprint density at radius 1 is 1.06 bits per heavy atom. The molecule has 0 heterocycles. The van der Waals surface area contributed by atoms with E-state index in [0.29, 0.717) is 0 Å². The molecule has 0 amide bonds. The van der Waals surface area contributed by atoms with Gasteiger partial charge < -0.3 is 4.55 Å². The Hall–Kier alpha value is 0.420. The molecule has 12 heteroatoms. The standard InChI is InChI=1S/C5H5F7O3S.Na/c1-2(6)3(7,8)4(9,10)5(11,12)16(13,14)15;/h2H,1H3,(H,13,14,15);/q;+1/p-1. The second-order valence-corrected chi connectivity index (χ2v) is 4.21. The van der Waals surface area contributed by atoms with Crippen LogP contribution >= 0.6 is 0 Å². The quantitative estimate of drug-likeness (QED) is 0.371. The minimum absolute atomic E-state index is 0. The molecule has 0 spiro atoms. The van der Waals surface area contributed by atoms with E-state index < -0.39 is 33.4 Å². The molecule has 0 N–H and O–H groups in total. The molecule has 0 aliphatic rings. The fraction of sp³-hybridized carbons (Fsp3) is 1.00. The van der Waals surface area contributed by atoms with E-state index in [1.165, 1.54) is 0 Å². The van der Waals surface area contributed by atoms with Gasteiger partial charge in [0.15, 0.2) is 16.3 Å². The van der Waals surface area contributed by atoms with E-state index in [-0.39, 0.29) is 36.5 Å². The molecule has 0 aromatic carbocycles. The van der Waals surface area contributed by atoms with Crippen LogP contribution in [-0.4, -0.2) is 36.2 Å². The van der Waals surface area contributed by atoms with Crippen molar-refractivity contribution in [3.8, 4) is 0 Å². The van der Waals surface area contributed by atoms with Crippen molar-refractivity contribution >= 4 is 10.1 Å². The molecule has 17 heavy (non-hydrogen) atoms. The van der Waals surface area contributed by atoms with Crippen molar-refractivity contribution in [1.29, 1.82) is 0 Å². The first kappa shape index (κ1) is 19.8. The summed E-state index contributed by atoms with van der Waals surface area (Å²) in [6.45, 7) is -0.179. The van der Waals surface area contributed by atoms with Crippen molar-refractivity contribution in [3.63, 3.8) is 0 Å². The minimum Gasteiger partial charge on any atom is -0.743 e. The molecule has 0 saturated carbocycles. The van der Waals surface area contributed by atoms with Gasteiger partial charge in [-0.05, 0) is 6.92 Å². The van der Waals surface area contributed by atoms with Gasteiger partial charge in [-0.3, -0.25) is 0 Å². The van der Waals surface area contributed by atoms with Crippen molar-refractivity contribution in [2.75, 3.05) is 0 Å². The monoisotopic (exact) mass is 300 g/mol. The van der Waals surface area contributed by atoms with E-state index in [2.05, 4.69) is 0 Å². The average molecular weight is 300 g/mol. The summed E-state index contributed by atoms with van der Waals surface area (Å²) in [4.78, 5) is 0. The first-order valence-corrected chi connectivity index (χ1v) is 4.83. The van der Waals surface area contributed by atoms with Crippen LogP contribution in [0, 0.1) is 0 Å². The third-order valence-corrected chi connectivity index (χ3v) is 2.48. The van der Waals surface area contributed by atoms with Crippen molar-refractivity contribution in [1.82, 2.24) is 0 Å². The second-order valence-electron chi connectivity index (χ2n) is 2.78. The third-order valence-electron chi connectivity index (χ3n) is 1.60. The number of hydrogen-bond acceptors (Lipinski definition) is 3. The molecule has 0 fully saturated rings. The van der Waals surface area contributed by atoms with Gasteiger partial charge in [0.25, 0.3) is 0 Å². The van der Waals surface area contributed by atoms with Gasteiger partial charge in [0, 0.05) is 0 Å². The third kappa shape index (κ3) is 3.06. The Morgan fingerprint density at radius 2 is 1.35 bits per heavy atom. The summed E-state index contributed by atoms with van der Waals surface area (Å²) >= 11 is 0. The fourth-order valence-electron chi connectivity index (χ4n) is 0.601. The molecular formula is C5H4F7NaO3S. The Bertz CT molecular complexity index is 366. The maximum absolute atomic E-state index is 12.4. The predicted octanol–water partition coefficient (Wildman–Crippen LogP) is -1.24. The Labute approximate surface area is 113 Å². The molecule has 0 aromatic rings. The molecule has 1 unspecified atom stereocenters. The van der Waals surface area contributed by atoms with E-state index in [1.807, 2.05) is 0 Å². The number of halogens is 7. The first-order valence-electron chi connectivity index (χ1n) is 3.42. The average Bonchev–Trinajstić information content (AvgIpc) is 2.00. The van der Waals surface area contributed by atoms with Crippen LogP contribution in [0.15, 0.2) is 0 Å². The van der Waals surface area contributed by atoms with Crippen LogP contribution in [0.25, 0.3) is 0 Å². The topological polar surface area (TPSA) is 57.2 Å². The van der Waals surface area contributed by atoms with E-state index in [9.17, 15) is 43.7 Å². The number of hydrogen-bond donors (Lipinski definition) is 0. The summed E-state index contributed by atoms with van der Waals surface area (Å²) in [5.74, 6) is -12.6. The maximum atomic E-state index is 12.4. The van der Waals surface area contributed by atoms with Crippen molar-refractivity contribution in [3.05, 3.63) is 0 Å². The zero-order valence-electron chi connectivity index (χ0n) is 8.36. The molecule has 0 saturated heterocycles. The smallest absolute Gasteiger partial charge is 0.743 e. The van der Waals surface area contributed by atoms with Crippen molar-refractivity contribution < 1.29 is 73.3 Å². The van der Waals surface area contributed by atoms with E-state index in [0.717, 1.165) is 0 Å². The van der Waals surface area contributed by atoms with Gasteiger partial charge in [-0.15, -0.1) is 0 Å². The summed E-state index contributed by atoms with van der Waals surface area (Å²) in [5, 5.41) is -6.61. The Kier molecular flexibility index (Phi) is 6.03. The summed E-state index contributed by atoms with van der Waals surface area (Å²) in [5.41, 5.74) is 0. The molecule has 0 aromatic heterocycles. The molecule has 0 aliphatic heterocycles. The molecule has 98 valence electrons. The van der Waals surface area contributed by atoms with Gasteiger partial charge in [-0.1, -0.05) is 0 Å². The van der Waals surface area contributed by atoms with Crippen LogP contribution in [0.2, 0.25) is 0 Å². The summed E-state index contributed by atoms with van der Waals surface area (Å²) in [6.07, 6.45) is -3.77. The van der Waals surface area contributed by atoms with Crippen LogP contribution in [0.3, 0.4) is 0 Å². The maximum Gasteiger partial charge on any atom is 1.00 e. The molecular weight excluding hydrogens is 296 g/mol. The normalized spacial score (nSPS) is 16.3. The van der Waals surface area contributed by atoms with Crippen LogP contribution in [0.1, 0.15) is 6.92 Å². The fourth-order valence-corrected chi connectivity index (χ4v) is 1.05. The van der Waals surface area contributed by atoms with E-state index in [4.69, 9.17) is 0 Å². The first-order chi connectivity index (χ1) is 6.69. The molecule has 0 rings (SSSR count). The number of alkyl halides is 7. The number of rotatable bonds is 4. The van der Waals surface area contributed by atoms with Gasteiger partial charge in [0.05, 0.1) is 0 Å². The van der Waals surface area contributed by atoms with Gasteiger partial charge >= 0.3 is 46.7 Å². The molecule has 0 aliphatic carbocycles. The molecule has 3 nitrogen and oxygen atoms in total. The predicted molar refractivity (Wildman–Crippen MR) is 35.1 cm³/mol. The van der Waals surface area contributed by atoms with Crippen LogP contribution in [0.4, 0.5) is 30.7 Å². The largest absolute Gasteiger partial charge is 1.00 e. The Balaban J connectivity index is 0. The second kappa shape index (κ2) is 5.19. The SMILES string of the molecule is CC(F)C(F)(F)C(F)(F)C(F)(F)S(=O)(=O)[O-].[Na+]. The molecule has 0 bridgehead atoms. The summed E-state index contributed by atoms with van der Waals surface area (Å²) in [7, 11) is -7.06. The van der Waals surface area contributed by atoms with Gasteiger partial charge in [0.1, 0.15) is 0 Å². The molecule has 1 atom stereocenters. The summed E-state index contributed by atoms with van der Waals surface area (Å²) in [6, 6.07) is 0. The molecule has 0 radical (unpaired) electrons. The van der Waals surface area contributed by atoms with Gasteiger partial charge in [-0.25, -0.2) is 12.8 Å². The zero-order chi connectivity index (χ0) is 13.6. The van der Waals surface area contributed by atoms with Crippen LogP contribution in [-0.2, 0) is 10.1 Å². The van der Waals surface area contributed by atoms with Crippen LogP contribution < -0.4 is 29.6 Å².